The van der Waals surface area contributed by atoms with E-state index in [2.05, 4.69) is 21.9 Å². The van der Waals surface area contributed by atoms with Crippen LogP contribution in [0.25, 0.3) is 0 Å². The van der Waals surface area contributed by atoms with Crippen LogP contribution in [-0.2, 0) is 14.8 Å². The molecule has 1 saturated heterocycles. The van der Waals surface area contributed by atoms with E-state index in [1.807, 2.05) is 0 Å². The highest BCUT2D eigenvalue weighted by atomic mass is 32.2. The summed E-state index contributed by atoms with van der Waals surface area (Å²) in [4.78, 5) is 25.7. The molecular formula is C21H33N3O4S. The van der Waals surface area contributed by atoms with E-state index >= 15 is 0 Å². The minimum absolute atomic E-state index is 0.0360. The van der Waals surface area contributed by atoms with E-state index in [1.54, 1.807) is 0 Å². The molecule has 8 heteroatoms. The predicted octanol–water partition coefficient (Wildman–Crippen LogP) is 2.19. The maximum atomic E-state index is 12.2. The van der Waals surface area contributed by atoms with Crippen molar-refractivity contribution < 1.29 is 18.0 Å². The monoisotopic (exact) mass is 423 g/mol. The molecule has 1 aliphatic heterocycles. The molecule has 162 valence electrons. The highest BCUT2D eigenvalue weighted by Gasteiger charge is 2.16. The average Bonchev–Trinajstić information content (AvgIpc) is 2.67. The van der Waals surface area contributed by atoms with Crippen molar-refractivity contribution in [3.63, 3.8) is 0 Å². The Morgan fingerprint density at radius 1 is 1.14 bits per heavy atom. The van der Waals surface area contributed by atoms with E-state index in [9.17, 15) is 18.0 Å². The summed E-state index contributed by atoms with van der Waals surface area (Å²) >= 11 is 0. The molecule has 2 N–H and O–H groups in total. The number of piperidine rings is 1. The number of benzene rings is 1. The molecule has 0 saturated carbocycles. The minimum Gasteiger partial charge on any atom is -0.356 e. The number of ketones is 1. The topological polar surface area (TPSA) is 95.6 Å². The molecule has 1 aromatic carbocycles. The SMILES string of the molecule is CC(=O)c1ccc(S(=O)(=O)NCCC(=O)NCCCCN2CCCC(C)C2)cc1. The van der Waals surface area contributed by atoms with Crippen molar-refractivity contribution in [2.45, 2.75) is 50.8 Å². The van der Waals surface area contributed by atoms with Gasteiger partial charge in [-0.25, -0.2) is 13.1 Å². The molecule has 1 aromatic rings. The smallest absolute Gasteiger partial charge is 0.240 e. The number of carbonyl (C=O) groups is 2. The van der Waals surface area contributed by atoms with Crippen LogP contribution in [0.4, 0.5) is 0 Å². The van der Waals surface area contributed by atoms with Gasteiger partial charge in [0.15, 0.2) is 5.78 Å². The van der Waals surface area contributed by atoms with Crippen molar-refractivity contribution in [2.24, 2.45) is 5.92 Å². The van der Waals surface area contributed by atoms with Gasteiger partial charge >= 0.3 is 0 Å². The lowest BCUT2D eigenvalue weighted by Crippen LogP contribution is -2.35. The maximum absolute atomic E-state index is 12.2. The Hall–Kier alpha value is -1.77. The van der Waals surface area contributed by atoms with E-state index < -0.39 is 10.0 Å². The van der Waals surface area contributed by atoms with E-state index in [0.29, 0.717) is 12.1 Å². The first-order valence-corrected chi connectivity index (χ1v) is 11.9. The summed E-state index contributed by atoms with van der Waals surface area (Å²) in [7, 11) is -3.69. The summed E-state index contributed by atoms with van der Waals surface area (Å²) in [6.07, 6.45) is 4.66. The molecule has 1 aliphatic rings. The van der Waals surface area contributed by atoms with Crippen molar-refractivity contribution in [1.29, 1.82) is 0 Å². The van der Waals surface area contributed by atoms with E-state index in [4.69, 9.17) is 0 Å². The lowest BCUT2D eigenvalue weighted by Gasteiger charge is -2.30. The Bertz CT molecular complexity index is 778. The Balaban J connectivity index is 1.60. The fourth-order valence-corrected chi connectivity index (χ4v) is 4.55. The van der Waals surface area contributed by atoms with Crippen molar-refractivity contribution in [1.82, 2.24) is 14.9 Å². The molecule has 0 radical (unpaired) electrons. The fourth-order valence-electron chi connectivity index (χ4n) is 3.52. The van der Waals surface area contributed by atoms with Crippen LogP contribution in [0.2, 0.25) is 0 Å². The van der Waals surface area contributed by atoms with E-state index in [-0.39, 0.29) is 29.6 Å². The van der Waals surface area contributed by atoms with Gasteiger partial charge in [-0.15, -0.1) is 0 Å². The third kappa shape index (κ3) is 8.24. The Labute approximate surface area is 174 Å². The summed E-state index contributed by atoms with van der Waals surface area (Å²) in [6.45, 7) is 7.78. The quantitative estimate of drug-likeness (QED) is 0.420. The summed E-state index contributed by atoms with van der Waals surface area (Å²) < 4.78 is 26.9. The van der Waals surface area contributed by atoms with Crippen molar-refractivity contribution in [3.8, 4) is 0 Å². The van der Waals surface area contributed by atoms with Crippen LogP contribution in [0, 0.1) is 5.92 Å². The number of likely N-dealkylation sites (tertiary alicyclic amines) is 1. The van der Waals surface area contributed by atoms with Gasteiger partial charge in [0.05, 0.1) is 4.90 Å². The highest BCUT2D eigenvalue weighted by Crippen LogP contribution is 2.15. The van der Waals surface area contributed by atoms with Gasteiger partial charge in [-0.05, 0) is 63.7 Å². The Kier molecular flexibility index (Phi) is 9.26. The molecule has 0 bridgehead atoms. The van der Waals surface area contributed by atoms with Gasteiger partial charge in [-0.1, -0.05) is 19.1 Å². The van der Waals surface area contributed by atoms with Gasteiger partial charge in [-0.3, -0.25) is 9.59 Å². The Morgan fingerprint density at radius 3 is 2.52 bits per heavy atom. The van der Waals surface area contributed by atoms with Gasteiger partial charge in [-0.2, -0.15) is 0 Å². The van der Waals surface area contributed by atoms with Gasteiger partial charge in [0.1, 0.15) is 0 Å². The first-order valence-electron chi connectivity index (χ1n) is 10.4. The molecule has 1 fully saturated rings. The number of hydrogen-bond donors (Lipinski definition) is 2. The molecule has 0 aromatic heterocycles. The first kappa shape index (κ1) is 23.5. The fraction of sp³-hybridized carbons (Fsp3) is 0.619. The number of nitrogens with zero attached hydrogens (tertiary/aromatic N) is 1. The number of rotatable bonds is 11. The number of amides is 1. The number of nitrogens with one attached hydrogen (secondary N) is 2. The third-order valence-corrected chi connectivity index (χ3v) is 6.66. The molecule has 0 spiro atoms. The van der Waals surface area contributed by atoms with Crippen LogP contribution < -0.4 is 10.0 Å². The van der Waals surface area contributed by atoms with E-state index in [1.165, 1.54) is 57.1 Å². The van der Waals surface area contributed by atoms with Crippen LogP contribution in [0.5, 0.6) is 0 Å². The van der Waals surface area contributed by atoms with Crippen molar-refractivity contribution >= 4 is 21.7 Å². The summed E-state index contributed by atoms with van der Waals surface area (Å²) in [6, 6.07) is 5.74. The molecule has 1 unspecified atom stereocenters. The van der Waals surface area contributed by atoms with Crippen molar-refractivity contribution in [3.05, 3.63) is 29.8 Å². The van der Waals surface area contributed by atoms with Crippen LogP contribution in [0.15, 0.2) is 29.2 Å². The first-order chi connectivity index (χ1) is 13.8. The van der Waals surface area contributed by atoms with Gasteiger partial charge in [0, 0.05) is 31.6 Å². The van der Waals surface area contributed by atoms with Crippen LogP contribution >= 0.6 is 0 Å². The average molecular weight is 424 g/mol. The van der Waals surface area contributed by atoms with Gasteiger partial charge in [0.2, 0.25) is 15.9 Å². The second-order valence-corrected chi connectivity index (χ2v) is 9.60. The zero-order valence-corrected chi connectivity index (χ0v) is 18.3. The van der Waals surface area contributed by atoms with Gasteiger partial charge < -0.3 is 10.2 Å². The Morgan fingerprint density at radius 2 is 1.86 bits per heavy atom. The van der Waals surface area contributed by atoms with Crippen LogP contribution in [0.3, 0.4) is 0 Å². The van der Waals surface area contributed by atoms with Crippen LogP contribution in [0.1, 0.15) is 56.3 Å². The second-order valence-electron chi connectivity index (χ2n) is 7.83. The molecule has 1 heterocycles. The summed E-state index contributed by atoms with van der Waals surface area (Å²) in [5.74, 6) is 0.495. The van der Waals surface area contributed by atoms with Crippen molar-refractivity contribution in [2.75, 3.05) is 32.7 Å². The lowest BCUT2D eigenvalue weighted by atomic mass is 10.0. The molecule has 1 amide bonds. The van der Waals surface area contributed by atoms with E-state index in [0.717, 1.165) is 25.3 Å². The minimum atomic E-state index is -3.69. The molecule has 0 aliphatic carbocycles. The summed E-state index contributed by atoms with van der Waals surface area (Å²) in [5, 5.41) is 2.85. The number of sulfonamides is 1. The second kappa shape index (κ2) is 11.4. The lowest BCUT2D eigenvalue weighted by molar-refractivity contribution is -0.120. The maximum Gasteiger partial charge on any atom is 0.240 e. The number of unbranched alkanes of at least 4 members (excludes halogenated alkanes) is 1. The molecule has 7 nitrogen and oxygen atoms in total. The van der Waals surface area contributed by atoms with Crippen LogP contribution in [-0.4, -0.2) is 57.7 Å². The molecule has 1 atom stereocenters. The zero-order chi connectivity index (χ0) is 21.3. The molecular weight excluding hydrogens is 390 g/mol. The molecule has 29 heavy (non-hydrogen) atoms. The van der Waals surface area contributed by atoms with Gasteiger partial charge in [0.25, 0.3) is 0 Å². The normalized spacial score (nSPS) is 17.8. The highest BCUT2D eigenvalue weighted by molar-refractivity contribution is 7.89. The third-order valence-electron chi connectivity index (χ3n) is 5.18. The zero-order valence-electron chi connectivity index (χ0n) is 17.4. The predicted molar refractivity (Wildman–Crippen MR) is 113 cm³/mol. The number of hydrogen-bond acceptors (Lipinski definition) is 5. The summed E-state index contributed by atoms with van der Waals surface area (Å²) in [5.41, 5.74) is 0.457. The molecule has 2 rings (SSSR count). The number of Topliss-reactive ketones (excluding diaryl/α,β-unsaturated/α-hetero) is 1. The number of carbonyl (C=O) groups excluding carboxylic acids is 2. The standard InChI is InChI=1S/C21H33N3O4S/c1-17-6-5-15-24(16-17)14-4-3-12-22-21(26)11-13-23-29(27,28)20-9-7-19(8-10-20)18(2)25/h7-10,17,23H,3-6,11-16H2,1-2H3,(H,22,26). The largest absolute Gasteiger partial charge is 0.356 e.